The number of rotatable bonds is 7. The summed E-state index contributed by atoms with van der Waals surface area (Å²) in [5.41, 5.74) is 0. The quantitative estimate of drug-likeness (QED) is 0.669. The lowest BCUT2D eigenvalue weighted by Gasteiger charge is -2.27. The zero-order valence-electron chi connectivity index (χ0n) is 10.2. The molecule has 0 amide bonds. The minimum Gasteiger partial charge on any atom is -0.392 e. The molecule has 3 heteroatoms. The SMILES string of the molecule is CCCN(CC(O)CC)CC1CCCN1. The maximum Gasteiger partial charge on any atom is 0.0664 e. The highest BCUT2D eigenvalue weighted by atomic mass is 16.3. The molecule has 2 atom stereocenters. The van der Waals surface area contributed by atoms with E-state index in [0.717, 1.165) is 26.1 Å². The van der Waals surface area contributed by atoms with Crippen molar-refractivity contribution >= 4 is 0 Å². The van der Waals surface area contributed by atoms with Crippen molar-refractivity contribution in [2.75, 3.05) is 26.2 Å². The highest BCUT2D eigenvalue weighted by molar-refractivity contribution is 4.78. The third kappa shape index (κ3) is 4.96. The van der Waals surface area contributed by atoms with Crippen LogP contribution in [0.3, 0.4) is 0 Å². The Bertz CT molecular complexity index is 158. The van der Waals surface area contributed by atoms with Crippen molar-refractivity contribution in [3.8, 4) is 0 Å². The summed E-state index contributed by atoms with van der Waals surface area (Å²) in [6, 6.07) is 0.653. The molecule has 1 rings (SSSR count). The van der Waals surface area contributed by atoms with Crippen molar-refractivity contribution in [2.24, 2.45) is 0 Å². The molecule has 0 aromatic carbocycles. The average molecular weight is 214 g/mol. The molecular formula is C12H26N2O. The van der Waals surface area contributed by atoms with Crippen LogP contribution in [0.5, 0.6) is 0 Å². The number of aliphatic hydroxyl groups is 1. The lowest BCUT2D eigenvalue weighted by Crippen LogP contribution is -2.41. The third-order valence-electron chi connectivity index (χ3n) is 3.12. The van der Waals surface area contributed by atoms with Gasteiger partial charge in [-0.3, -0.25) is 4.90 Å². The molecule has 0 aromatic heterocycles. The van der Waals surface area contributed by atoms with E-state index in [-0.39, 0.29) is 6.10 Å². The Labute approximate surface area is 93.9 Å². The standard InChI is InChI=1S/C12H26N2O/c1-3-8-14(10-12(15)4-2)9-11-6-5-7-13-11/h11-13,15H,3-10H2,1-2H3. The Morgan fingerprint density at radius 3 is 2.80 bits per heavy atom. The first-order chi connectivity index (χ1) is 7.26. The maximum atomic E-state index is 9.67. The van der Waals surface area contributed by atoms with Crippen LogP contribution >= 0.6 is 0 Å². The second-order valence-electron chi connectivity index (χ2n) is 4.61. The highest BCUT2D eigenvalue weighted by Gasteiger charge is 2.18. The van der Waals surface area contributed by atoms with Crippen LogP contribution in [0.25, 0.3) is 0 Å². The first-order valence-corrected chi connectivity index (χ1v) is 6.40. The van der Waals surface area contributed by atoms with Crippen molar-refractivity contribution in [3.05, 3.63) is 0 Å². The summed E-state index contributed by atoms with van der Waals surface area (Å²) in [6.07, 6.45) is 4.48. The second-order valence-corrected chi connectivity index (χ2v) is 4.61. The Hall–Kier alpha value is -0.120. The number of nitrogens with one attached hydrogen (secondary N) is 1. The molecule has 0 aromatic rings. The van der Waals surface area contributed by atoms with Gasteiger partial charge in [-0.05, 0) is 38.8 Å². The lowest BCUT2D eigenvalue weighted by molar-refractivity contribution is 0.104. The molecule has 1 aliphatic heterocycles. The minimum atomic E-state index is -0.155. The molecule has 2 N–H and O–H groups in total. The Kier molecular flexibility index (Phi) is 6.22. The predicted molar refractivity (Wildman–Crippen MR) is 64.1 cm³/mol. The van der Waals surface area contributed by atoms with Gasteiger partial charge in [0.15, 0.2) is 0 Å². The summed E-state index contributed by atoms with van der Waals surface area (Å²) in [5, 5.41) is 13.2. The fourth-order valence-electron chi connectivity index (χ4n) is 2.22. The fraction of sp³-hybridized carbons (Fsp3) is 1.00. The first kappa shape index (κ1) is 12.9. The molecule has 15 heavy (non-hydrogen) atoms. The zero-order chi connectivity index (χ0) is 11.1. The van der Waals surface area contributed by atoms with Gasteiger partial charge in [0.05, 0.1) is 6.10 Å². The second kappa shape index (κ2) is 7.20. The van der Waals surface area contributed by atoms with E-state index < -0.39 is 0 Å². The minimum absolute atomic E-state index is 0.155. The van der Waals surface area contributed by atoms with Gasteiger partial charge in [0, 0.05) is 19.1 Å². The van der Waals surface area contributed by atoms with E-state index in [9.17, 15) is 5.11 Å². The molecule has 1 aliphatic rings. The first-order valence-electron chi connectivity index (χ1n) is 6.40. The normalized spacial score (nSPS) is 23.6. The Balaban J connectivity index is 2.28. The summed E-state index contributed by atoms with van der Waals surface area (Å²) >= 11 is 0. The van der Waals surface area contributed by atoms with Crippen molar-refractivity contribution in [3.63, 3.8) is 0 Å². The number of hydrogen-bond acceptors (Lipinski definition) is 3. The van der Waals surface area contributed by atoms with Crippen LogP contribution in [0.1, 0.15) is 39.5 Å². The molecule has 0 spiro atoms. The van der Waals surface area contributed by atoms with E-state index in [0.29, 0.717) is 6.04 Å². The monoisotopic (exact) mass is 214 g/mol. The molecular weight excluding hydrogens is 188 g/mol. The van der Waals surface area contributed by atoms with E-state index in [2.05, 4.69) is 17.1 Å². The smallest absolute Gasteiger partial charge is 0.0664 e. The Morgan fingerprint density at radius 2 is 2.27 bits per heavy atom. The highest BCUT2D eigenvalue weighted by Crippen LogP contribution is 2.08. The van der Waals surface area contributed by atoms with Crippen molar-refractivity contribution in [1.82, 2.24) is 10.2 Å². The maximum absolute atomic E-state index is 9.67. The molecule has 1 saturated heterocycles. The molecule has 0 saturated carbocycles. The Morgan fingerprint density at radius 1 is 1.47 bits per heavy atom. The number of aliphatic hydroxyl groups excluding tert-OH is 1. The van der Waals surface area contributed by atoms with Gasteiger partial charge in [-0.1, -0.05) is 13.8 Å². The lowest BCUT2D eigenvalue weighted by atomic mass is 10.2. The van der Waals surface area contributed by atoms with E-state index >= 15 is 0 Å². The van der Waals surface area contributed by atoms with Crippen LogP contribution in [0.4, 0.5) is 0 Å². The van der Waals surface area contributed by atoms with Gasteiger partial charge in [0.1, 0.15) is 0 Å². The fourth-order valence-corrected chi connectivity index (χ4v) is 2.22. The van der Waals surface area contributed by atoms with Gasteiger partial charge in [0.2, 0.25) is 0 Å². The topological polar surface area (TPSA) is 35.5 Å². The molecule has 0 radical (unpaired) electrons. The number of hydrogen-bond donors (Lipinski definition) is 2. The van der Waals surface area contributed by atoms with Gasteiger partial charge >= 0.3 is 0 Å². The largest absolute Gasteiger partial charge is 0.392 e. The molecule has 0 bridgehead atoms. The molecule has 1 fully saturated rings. The van der Waals surface area contributed by atoms with E-state index in [1.165, 1.54) is 25.8 Å². The number of nitrogens with zero attached hydrogens (tertiary/aromatic N) is 1. The van der Waals surface area contributed by atoms with Crippen LogP contribution in [0.15, 0.2) is 0 Å². The van der Waals surface area contributed by atoms with Crippen LogP contribution in [-0.2, 0) is 0 Å². The van der Waals surface area contributed by atoms with Gasteiger partial charge < -0.3 is 10.4 Å². The zero-order valence-corrected chi connectivity index (χ0v) is 10.2. The summed E-state index contributed by atoms with van der Waals surface area (Å²) in [7, 11) is 0. The molecule has 1 heterocycles. The summed E-state index contributed by atoms with van der Waals surface area (Å²) in [6.45, 7) is 8.46. The predicted octanol–water partition coefficient (Wildman–Crippen LogP) is 1.22. The third-order valence-corrected chi connectivity index (χ3v) is 3.12. The van der Waals surface area contributed by atoms with Crippen molar-refractivity contribution < 1.29 is 5.11 Å². The van der Waals surface area contributed by atoms with Crippen LogP contribution in [0, 0.1) is 0 Å². The van der Waals surface area contributed by atoms with Crippen LogP contribution < -0.4 is 5.32 Å². The van der Waals surface area contributed by atoms with Crippen molar-refractivity contribution in [1.29, 1.82) is 0 Å². The van der Waals surface area contributed by atoms with E-state index in [1.807, 2.05) is 6.92 Å². The van der Waals surface area contributed by atoms with Crippen LogP contribution in [0.2, 0.25) is 0 Å². The summed E-state index contributed by atoms with van der Waals surface area (Å²) in [4.78, 5) is 2.40. The van der Waals surface area contributed by atoms with Crippen LogP contribution in [-0.4, -0.2) is 48.3 Å². The summed E-state index contributed by atoms with van der Waals surface area (Å²) < 4.78 is 0. The molecule has 2 unspecified atom stereocenters. The molecule has 90 valence electrons. The summed E-state index contributed by atoms with van der Waals surface area (Å²) in [5.74, 6) is 0. The molecule has 0 aliphatic carbocycles. The van der Waals surface area contributed by atoms with Gasteiger partial charge in [0.25, 0.3) is 0 Å². The van der Waals surface area contributed by atoms with Gasteiger partial charge in [-0.2, -0.15) is 0 Å². The molecule has 3 nitrogen and oxygen atoms in total. The van der Waals surface area contributed by atoms with Gasteiger partial charge in [-0.25, -0.2) is 0 Å². The van der Waals surface area contributed by atoms with Crippen molar-refractivity contribution in [2.45, 2.75) is 51.7 Å². The van der Waals surface area contributed by atoms with Gasteiger partial charge in [-0.15, -0.1) is 0 Å². The average Bonchev–Trinajstić information content (AvgIpc) is 2.70. The van der Waals surface area contributed by atoms with E-state index in [4.69, 9.17) is 0 Å². The van der Waals surface area contributed by atoms with E-state index in [1.54, 1.807) is 0 Å².